The fourth-order valence-corrected chi connectivity index (χ4v) is 1.24. The Morgan fingerprint density at radius 2 is 2.40 bits per heavy atom. The molecule has 1 aromatic heterocycles. The molecule has 82 valence electrons. The molecule has 0 aliphatic carbocycles. The first kappa shape index (κ1) is 11.7. The summed E-state index contributed by atoms with van der Waals surface area (Å²) in [4.78, 5) is 26.0. The van der Waals surface area contributed by atoms with E-state index in [1.54, 1.807) is 7.05 Å². The van der Waals surface area contributed by atoms with Gasteiger partial charge < -0.3 is 5.32 Å². The molecule has 1 heterocycles. The normalized spacial score (nSPS) is 10.0. The van der Waals surface area contributed by atoms with E-state index in [1.165, 1.54) is 17.0 Å². The summed E-state index contributed by atoms with van der Waals surface area (Å²) >= 11 is 5.54. The van der Waals surface area contributed by atoms with E-state index in [1.807, 2.05) is 0 Å². The first-order chi connectivity index (χ1) is 7.13. The van der Waals surface area contributed by atoms with Crippen molar-refractivity contribution < 1.29 is 4.79 Å². The molecular formula is C9H12ClN3O2. The molecule has 0 saturated carbocycles. The number of rotatable bonds is 4. The van der Waals surface area contributed by atoms with Crippen LogP contribution in [0.3, 0.4) is 0 Å². The predicted molar refractivity (Wildman–Crippen MR) is 56.8 cm³/mol. The van der Waals surface area contributed by atoms with Gasteiger partial charge in [0.25, 0.3) is 5.56 Å². The summed E-state index contributed by atoms with van der Waals surface area (Å²) in [5.74, 6) is -0.0371. The average Bonchev–Trinajstić information content (AvgIpc) is 2.21. The quantitative estimate of drug-likeness (QED) is 0.762. The van der Waals surface area contributed by atoms with Crippen molar-refractivity contribution in [1.29, 1.82) is 0 Å². The molecule has 0 fully saturated rings. The van der Waals surface area contributed by atoms with Crippen LogP contribution < -0.4 is 10.9 Å². The van der Waals surface area contributed by atoms with Crippen LogP contribution in [0, 0.1) is 0 Å². The van der Waals surface area contributed by atoms with Crippen molar-refractivity contribution in [2.45, 2.75) is 19.4 Å². The van der Waals surface area contributed by atoms with Crippen molar-refractivity contribution >= 4 is 17.5 Å². The molecule has 1 rings (SSSR count). The van der Waals surface area contributed by atoms with Crippen molar-refractivity contribution in [2.24, 2.45) is 0 Å². The summed E-state index contributed by atoms with van der Waals surface area (Å²) < 4.78 is 1.43. The number of nitrogens with zero attached hydrogens (tertiary/aromatic N) is 2. The van der Waals surface area contributed by atoms with E-state index in [-0.39, 0.29) is 16.6 Å². The highest BCUT2D eigenvalue weighted by Gasteiger charge is 2.00. The second-order valence-corrected chi connectivity index (χ2v) is 3.41. The van der Waals surface area contributed by atoms with Gasteiger partial charge in [-0.05, 0) is 6.42 Å². The van der Waals surface area contributed by atoms with Crippen LogP contribution in [-0.2, 0) is 11.3 Å². The molecular weight excluding hydrogens is 218 g/mol. The minimum atomic E-state index is -0.202. The van der Waals surface area contributed by atoms with Crippen LogP contribution in [-0.4, -0.2) is 22.5 Å². The molecule has 0 aromatic carbocycles. The first-order valence-corrected chi connectivity index (χ1v) is 4.94. The molecule has 0 atom stereocenters. The number of nitrogens with one attached hydrogen (secondary N) is 1. The molecule has 0 saturated heterocycles. The zero-order valence-corrected chi connectivity index (χ0v) is 9.12. The zero-order chi connectivity index (χ0) is 11.3. The van der Waals surface area contributed by atoms with Crippen LogP contribution in [0.2, 0.25) is 5.15 Å². The Kier molecular flexibility index (Phi) is 4.30. The SMILES string of the molecule is CNC(=O)CCCn1cnc(Cl)cc1=O. The fraction of sp³-hybridized carbons (Fsp3) is 0.444. The number of aryl methyl sites for hydroxylation is 1. The van der Waals surface area contributed by atoms with Crippen LogP contribution >= 0.6 is 11.6 Å². The first-order valence-electron chi connectivity index (χ1n) is 4.56. The number of halogens is 1. The highest BCUT2D eigenvalue weighted by Crippen LogP contribution is 1.98. The van der Waals surface area contributed by atoms with E-state index in [0.717, 1.165) is 0 Å². The summed E-state index contributed by atoms with van der Waals surface area (Å²) in [7, 11) is 1.58. The van der Waals surface area contributed by atoms with Crippen LogP contribution in [0.1, 0.15) is 12.8 Å². The maximum absolute atomic E-state index is 11.3. The molecule has 1 aromatic rings. The molecule has 0 bridgehead atoms. The second-order valence-electron chi connectivity index (χ2n) is 3.02. The Morgan fingerprint density at radius 1 is 1.67 bits per heavy atom. The van der Waals surface area contributed by atoms with Crippen molar-refractivity contribution in [3.63, 3.8) is 0 Å². The van der Waals surface area contributed by atoms with Crippen LogP contribution in [0.5, 0.6) is 0 Å². The largest absolute Gasteiger partial charge is 0.359 e. The Balaban J connectivity index is 2.51. The Hall–Kier alpha value is -1.36. The number of hydrogen-bond donors (Lipinski definition) is 1. The molecule has 0 radical (unpaired) electrons. The van der Waals surface area contributed by atoms with Gasteiger partial charge >= 0.3 is 0 Å². The van der Waals surface area contributed by atoms with Gasteiger partial charge in [-0.25, -0.2) is 4.98 Å². The topological polar surface area (TPSA) is 64.0 Å². The van der Waals surface area contributed by atoms with Gasteiger partial charge in [-0.2, -0.15) is 0 Å². The van der Waals surface area contributed by atoms with Gasteiger partial charge in [0, 0.05) is 26.1 Å². The van der Waals surface area contributed by atoms with Crippen LogP contribution in [0.15, 0.2) is 17.2 Å². The average molecular weight is 230 g/mol. The van der Waals surface area contributed by atoms with Crippen molar-refractivity contribution in [1.82, 2.24) is 14.9 Å². The number of carbonyl (C=O) groups is 1. The lowest BCUT2D eigenvalue weighted by Crippen LogP contribution is -2.22. The van der Waals surface area contributed by atoms with E-state index in [4.69, 9.17) is 11.6 Å². The van der Waals surface area contributed by atoms with Crippen molar-refractivity contribution in [3.8, 4) is 0 Å². The van der Waals surface area contributed by atoms with E-state index in [0.29, 0.717) is 19.4 Å². The summed E-state index contributed by atoms with van der Waals surface area (Å²) in [5, 5.41) is 2.69. The third kappa shape index (κ3) is 3.71. The highest BCUT2D eigenvalue weighted by atomic mass is 35.5. The summed E-state index contributed by atoms with van der Waals surface area (Å²) in [6.07, 6.45) is 2.38. The van der Waals surface area contributed by atoms with Gasteiger partial charge in [0.2, 0.25) is 5.91 Å². The standard InChI is InChI=1S/C9H12ClN3O2/c1-11-8(14)3-2-4-13-6-12-7(10)5-9(13)15/h5-6H,2-4H2,1H3,(H,11,14). The smallest absolute Gasteiger partial charge is 0.254 e. The van der Waals surface area contributed by atoms with Gasteiger partial charge in [-0.15, -0.1) is 0 Å². The maximum atomic E-state index is 11.3. The van der Waals surface area contributed by atoms with Gasteiger partial charge in [-0.3, -0.25) is 14.2 Å². The van der Waals surface area contributed by atoms with Crippen LogP contribution in [0.4, 0.5) is 0 Å². The number of aromatic nitrogens is 2. The Bertz CT molecular complexity index is 403. The maximum Gasteiger partial charge on any atom is 0.254 e. The lowest BCUT2D eigenvalue weighted by atomic mass is 10.3. The minimum Gasteiger partial charge on any atom is -0.359 e. The molecule has 0 unspecified atom stereocenters. The second kappa shape index (κ2) is 5.50. The van der Waals surface area contributed by atoms with E-state index in [2.05, 4.69) is 10.3 Å². The molecule has 0 aliphatic rings. The van der Waals surface area contributed by atoms with Gasteiger partial charge in [-0.1, -0.05) is 11.6 Å². The number of hydrogen-bond acceptors (Lipinski definition) is 3. The van der Waals surface area contributed by atoms with Crippen molar-refractivity contribution in [3.05, 3.63) is 27.9 Å². The number of amides is 1. The van der Waals surface area contributed by atoms with E-state index in [9.17, 15) is 9.59 Å². The summed E-state index contributed by atoms with van der Waals surface area (Å²) in [6, 6.07) is 1.25. The molecule has 6 heteroatoms. The highest BCUT2D eigenvalue weighted by molar-refractivity contribution is 6.29. The molecule has 0 spiro atoms. The molecule has 0 aliphatic heterocycles. The summed E-state index contributed by atoms with van der Waals surface area (Å²) in [6.45, 7) is 0.469. The van der Waals surface area contributed by atoms with Gasteiger partial charge in [0.15, 0.2) is 0 Å². The molecule has 1 N–H and O–H groups in total. The number of carbonyl (C=O) groups excluding carboxylic acids is 1. The lowest BCUT2D eigenvalue weighted by Gasteiger charge is -2.03. The molecule has 5 nitrogen and oxygen atoms in total. The monoisotopic (exact) mass is 229 g/mol. The zero-order valence-electron chi connectivity index (χ0n) is 8.36. The summed E-state index contributed by atoms with van der Waals surface area (Å²) in [5.41, 5.74) is -0.202. The van der Waals surface area contributed by atoms with Crippen molar-refractivity contribution in [2.75, 3.05) is 7.05 Å². The lowest BCUT2D eigenvalue weighted by molar-refractivity contribution is -0.120. The third-order valence-corrected chi connectivity index (χ3v) is 2.13. The predicted octanol–water partition coefficient (Wildman–Crippen LogP) is 0.423. The molecule has 15 heavy (non-hydrogen) atoms. The Labute approximate surface area is 92.1 Å². The molecule has 1 amide bonds. The third-order valence-electron chi connectivity index (χ3n) is 1.93. The van der Waals surface area contributed by atoms with Gasteiger partial charge in [0.1, 0.15) is 5.15 Å². The van der Waals surface area contributed by atoms with E-state index < -0.39 is 0 Å². The Morgan fingerprint density at radius 3 is 3.00 bits per heavy atom. The fourth-order valence-electron chi connectivity index (χ4n) is 1.11. The van der Waals surface area contributed by atoms with Gasteiger partial charge in [0.05, 0.1) is 6.33 Å². The van der Waals surface area contributed by atoms with Crippen LogP contribution in [0.25, 0.3) is 0 Å². The minimum absolute atomic E-state index is 0.0371. The van der Waals surface area contributed by atoms with E-state index >= 15 is 0 Å².